The number of urea groups is 1. The molecule has 0 aliphatic heterocycles. The average molecular weight is 424 g/mol. The summed E-state index contributed by atoms with van der Waals surface area (Å²) in [6.45, 7) is 2.45. The van der Waals surface area contributed by atoms with Crippen LogP contribution in [0.5, 0.6) is 0 Å². The van der Waals surface area contributed by atoms with Crippen LogP contribution in [0, 0.1) is 0 Å². The highest BCUT2D eigenvalue weighted by atomic mass is 16.2. The lowest BCUT2D eigenvalue weighted by atomic mass is 10.0. The molecule has 3 aromatic heterocycles. The number of nitrogens with one attached hydrogen (secondary N) is 3. The van der Waals surface area contributed by atoms with Crippen LogP contribution in [-0.2, 0) is 0 Å². The molecule has 9 nitrogen and oxygen atoms in total. The molecule has 0 atom stereocenters. The first kappa shape index (κ1) is 19.4. The highest BCUT2D eigenvalue weighted by Crippen LogP contribution is 2.28. The van der Waals surface area contributed by atoms with Crippen LogP contribution in [0.15, 0.2) is 73.1 Å². The predicted octanol–water partition coefficient (Wildman–Crippen LogP) is 3.99. The molecule has 0 unspecified atom stereocenters. The number of fused-ring (bicyclic) bond motifs is 1. The first-order valence-electron chi connectivity index (χ1n) is 10.2. The fourth-order valence-corrected chi connectivity index (χ4v) is 3.59. The fraction of sp³-hybridized carbons (Fsp3) is 0.0870. The van der Waals surface area contributed by atoms with Gasteiger partial charge in [0.1, 0.15) is 5.65 Å². The average Bonchev–Trinajstić information content (AvgIpc) is 3.49. The molecule has 0 spiro atoms. The van der Waals surface area contributed by atoms with Gasteiger partial charge in [-0.2, -0.15) is 0 Å². The Balaban J connectivity index is 1.47. The van der Waals surface area contributed by atoms with Gasteiger partial charge in [-0.25, -0.2) is 14.9 Å². The number of rotatable bonds is 5. The number of aromatic amines is 1. The van der Waals surface area contributed by atoms with Gasteiger partial charge in [0.2, 0.25) is 0 Å². The minimum absolute atomic E-state index is 0.226. The summed E-state index contributed by atoms with van der Waals surface area (Å²) in [5.74, 6) is 0.622. The van der Waals surface area contributed by atoms with E-state index in [1.54, 1.807) is 0 Å². The van der Waals surface area contributed by atoms with Crippen LogP contribution in [0.2, 0.25) is 0 Å². The van der Waals surface area contributed by atoms with Crippen LogP contribution in [0.4, 0.5) is 10.5 Å². The largest absolute Gasteiger partial charge is 0.338 e. The number of tetrazole rings is 1. The van der Waals surface area contributed by atoms with Crippen LogP contribution in [0.25, 0.3) is 39.4 Å². The first-order valence-corrected chi connectivity index (χ1v) is 10.2. The molecule has 0 aliphatic carbocycles. The van der Waals surface area contributed by atoms with Crippen molar-refractivity contribution >= 4 is 17.4 Å². The molecule has 3 heterocycles. The number of imidazole rings is 1. The Hall–Kier alpha value is -4.53. The third-order valence-electron chi connectivity index (χ3n) is 5.08. The number of hydrogen-bond acceptors (Lipinski definition) is 5. The van der Waals surface area contributed by atoms with Crippen LogP contribution < -0.4 is 10.6 Å². The summed E-state index contributed by atoms with van der Waals surface area (Å²) in [7, 11) is 0. The molecule has 0 aliphatic rings. The van der Waals surface area contributed by atoms with Crippen molar-refractivity contribution in [2.24, 2.45) is 0 Å². The molecule has 5 aromatic rings. The molecule has 0 fully saturated rings. The van der Waals surface area contributed by atoms with Gasteiger partial charge in [-0.15, -0.1) is 5.10 Å². The van der Waals surface area contributed by atoms with E-state index in [4.69, 9.17) is 0 Å². The number of anilines is 1. The van der Waals surface area contributed by atoms with Gasteiger partial charge in [-0.3, -0.25) is 4.40 Å². The molecule has 0 radical (unpaired) electrons. The second kappa shape index (κ2) is 8.31. The maximum atomic E-state index is 11.8. The minimum atomic E-state index is -0.226. The third kappa shape index (κ3) is 3.79. The van der Waals surface area contributed by atoms with E-state index in [2.05, 4.69) is 36.2 Å². The summed E-state index contributed by atoms with van der Waals surface area (Å²) < 4.78 is 2.03. The van der Waals surface area contributed by atoms with Crippen LogP contribution in [0.3, 0.4) is 0 Å². The van der Waals surface area contributed by atoms with Gasteiger partial charge in [0.25, 0.3) is 0 Å². The van der Waals surface area contributed by atoms with Crippen LogP contribution in [0.1, 0.15) is 6.92 Å². The van der Waals surface area contributed by atoms with Crippen molar-refractivity contribution in [1.82, 2.24) is 35.3 Å². The van der Waals surface area contributed by atoms with E-state index < -0.39 is 0 Å². The Morgan fingerprint density at radius 3 is 2.66 bits per heavy atom. The lowest BCUT2D eigenvalue weighted by molar-refractivity contribution is 0.252. The van der Waals surface area contributed by atoms with E-state index in [1.165, 1.54) is 0 Å². The predicted molar refractivity (Wildman–Crippen MR) is 122 cm³/mol. The first-order chi connectivity index (χ1) is 15.7. The van der Waals surface area contributed by atoms with Crippen molar-refractivity contribution in [3.05, 3.63) is 73.1 Å². The Kier molecular flexibility index (Phi) is 5.04. The number of amides is 2. The quantitative estimate of drug-likeness (QED) is 0.395. The maximum absolute atomic E-state index is 11.8. The zero-order valence-electron chi connectivity index (χ0n) is 17.3. The molecule has 9 heteroatoms. The number of nitrogens with zero attached hydrogens (tertiary/aromatic N) is 5. The van der Waals surface area contributed by atoms with Crippen molar-refractivity contribution in [3.63, 3.8) is 0 Å². The maximum Gasteiger partial charge on any atom is 0.319 e. The molecule has 0 saturated heterocycles. The highest BCUT2D eigenvalue weighted by molar-refractivity contribution is 5.90. The third-order valence-corrected chi connectivity index (χ3v) is 5.08. The van der Waals surface area contributed by atoms with Gasteiger partial charge in [-0.05, 0) is 58.8 Å². The number of carbonyl (C=O) groups is 1. The van der Waals surface area contributed by atoms with E-state index in [1.807, 2.05) is 84.4 Å². The molecular weight excluding hydrogens is 404 g/mol. The molecule has 3 N–H and O–H groups in total. The topological polar surface area (TPSA) is 113 Å². The van der Waals surface area contributed by atoms with Crippen LogP contribution >= 0.6 is 0 Å². The van der Waals surface area contributed by atoms with E-state index in [0.29, 0.717) is 12.4 Å². The summed E-state index contributed by atoms with van der Waals surface area (Å²) in [6.07, 6.45) is 3.83. The molecular formula is C23H20N8O. The zero-order chi connectivity index (χ0) is 21.9. The molecule has 5 rings (SSSR count). The molecule has 0 bridgehead atoms. The lowest BCUT2D eigenvalue weighted by Gasteiger charge is -2.09. The van der Waals surface area contributed by atoms with E-state index in [-0.39, 0.29) is 6.03 Å². The normalized spacial score (nSPS) is 10.9. The number of benzene rings is 2. The second-order valence-corrected chi connectivity index (χ2v) is 7.18. The summed E-state index contributed by atoms with van der Waals surface area (Å²) in [5, 5.41) is 19.6. The smallest absolute Gasteiger partial charge is 0.319 e. The Labute approximate surface area is 183 Å². The highest BCUT2D eigenvalue weighted by Gasteiger charge is 2.10. The Morgan fingerprint density at radius 1 is 1.00 bits per heavy atom. The number of aromatic nitrogens is 6. The minimum Gasteiger partial charge on any atom is -0.338 e. The number of pyridine rings is 1. The number of carbonyl (C=O) groups excluding carboxylic acids is 1. The van der Waals surface area contributed by atoms with Crippen molar-refractivity contribution in [2.75, 3.05) is 11.9 Å². The molecule has 0 saturated carbocycles. The van der Waals surface area contributed by atoms with Crippen molar-refractivity contribution < 1.29 is 4.79 Å². The number of hydrogen-bond donors (Lipinski definition) is 3. The zero-order valence-corrected chi connectivity index (χ0v) is 17.3. The van der Waals surface area contributed by atoms with Gasteiger partial charge >= 0.3 is 6.03 Å². The summed E-state index contributed by atoms with van der Waals surface area (Å²) in [4.78, 5) is 16.4. The Bertz CT molecular complexity index is 1390. The number of H-pyrrole nitrogens is 1. The van der Waals surface area contributed by atoms with Crippen molar-refractivity contribution in [1.29, 1.82) is 0 Å². The van der Waals surface area contributed by atoms with Crippen molar-refractivity contribution in [3.8, 4) is 33.8 Å². The summed E-state index contributed by atoms with van der Waals surface area (Å²) in [5.41, 5.74) is 6.43. The van der Waals surface area contributed by atoms with Crippen LogP contribution in [-0.4, -0.2) is 42.6 Å². The molecule has 2 aromatic carbocycles. The fourth-order valence-electron chi connectivity index (χ4n) is 3.59. The molecule has 158 valence electrons. The van der Waals surface area contributed by atoms with E-state index in [0.717, 1.165) is 39.3 Å². The van der Waals surface area contributed by atoms with Gasteiger partial charge in [0.05, 0.1) is 11.9 Å². The monoisotopic (exact) mass is 424 g/mol. The van der Waals surface area contributed by atoms with Gasteiger partial charge < -0.3 is 10.6 Å². The SMILES string of the molecule is CCNC(=O)Nc1cccc(-c2cnc3cc(-c4cccc(-c5nnn[nH]5)c4)ccn23)c1. The Morgan fingerprint density at radius 2 is 1.81 bits per heavy atom. The standard InChI is InChI=1S/C23H20N8O/c1-2-24-23(32)26-19-8-4-6-17(12-19)20-14-25-21-13-16(9-10-31(20)21)15-5-3-7-18(11-15)22-27-29-30-28-22/h3-14H,2H2,1H3,(H2,24,26,32)(H,27,28,29,30). The van der Waals surface area contributed by atoms with Gasteiger partial charge in [0, 0.05) is 29.6 Å². The lowest BCUT2D eigenvalue weighted by Crippen LogP contribution is -2.28. The van der Waals surface area contributed by atoms with Crippen molar-refractivity contribution in [2.45, 2.75) is 6.92 Å². The van der Waals surface area contributed by atoms with E-state index >= 15 is 0 Å². The molecule has 32 heavy (non-hydrogen) atoms. The van der Waals surface area contributed by atoms with Gasteiger partial charge in [0.15, 0.2) is 5.82 Å². The van der Waals surface area contributed by atoms with Gasteiger partial charge in [-0.1, -0.05) is 30.3 Å². The summed E-state index contributed by atoms with van der Waals surface area (Å²) in [6, 6.07) is 19.6. The molecule has 2 amide bonds. The second-order valence-electron chi connectivity index (χ2n) is 7.18. The summed E-state index contributed by atoms with van der Waals surface area (Å²) >= 11 is 0. The van der Waals surface area contributed by atoms with E-state index in [9.17, 15) is 4.79 Å².